The second-order valence-corrected chi connectivity index (χ2v) is 6.27. The zero-order valence-corrected chi connectivity index (χ0v) is 13.4. The molecule has 2 fully saturated rings. The van der Waals surface area contributed by atoms with E-state index in [-0.39, 0.29) is 30.7 Å². The molecule has 0 aromatic carbocycles. The van der Waals surface area contributed by atoms with E-state index in [9.17, 15) is 19.5 Å². The van der Waals surface area contributed by atoms with Gasteiger partial charge in [-0.3, -0.25) is 9.59 Å². The zero-order chi connectivity index (χ0) is 15.9. The molecule has 0 aliphatic heterocycles. The van der Waals surface area contributed by atoms with Crippen LogP contribution < -0.4 is 11.1 Å². The Morgan fingerprint density at radius 2 is 1.95 bits per heavy atom. The maximum atomic E-state index is 12.2. The summed E-state index contributed by atoms with van der Waals surface area (Å²) in [5.41, 5.74) is 4.36. The van der Waals surface area contributed by atoms with Gasteiger partial charge in [0.05, 0.1) is 12.0 Å². The molecule has 0 aromatic rings. The van der Waals surface area contributed by atoms with E-state index in [4.69, 9.17) is 10.8 Å². The number of hydrogen-bond donors (Lipinski definition) is 4. The van der Waals surface area contributed by atoms with E-state index in [0.717, 1.165) is 0 Å². The standard InChI is InChI=1S/C14H22N2O5.ClH/c1-3-6(2)10(15)11(17)16-14(13(20)21)5-4-7-8(9(7)14)12(18)19;/h6-10H,3-5,15H2,1-2H3,(H,16,17)(H,18,19)(H,20,21);1H/t6?,7-,8-,9-,10-,14-;/m0./s1. The summed E-state index contributed by atoms with van der Waals surface area (Å²) in [6.45, 7) is 3.73. The molecule has 5 N–H and O–H groups in total. The fraction of sp³-hybridized carbons (Fsp3) is 0.786. The topological polar surface area (TPSA) is 130 Å². The van der Waals surface area contributed by atoms with E-state index in [0.29, 0.717) is 12.8 Å². The highest BCUT2D eigenvalue weighted by atomic mass is 35.5. The van der Waals surface area contributed by atoms with Crippen molar-refractivity contribution < 1.29 is 24.6 Å². The summed E-state index contributed by atoms with van der Waals surface area (Å²) in [6, 6.07) is -0.785. The minimum atomic E-state index is -1.48. The molecule has 2 rings (SSSR count). The van der Waals surface area contributed by atoms with Gasteiger partial charge < -0.3 is 21.3 Å². The van der Waals surface area contributed by atoms with Crippen molar-refractivity contribution in [3.05, 3.63) is 0 Å². The van der Waals surface area contributed by atoms with Crippen molar-refractivity contribution in [3.8, 4) is 0 Å². The number of nitrogens with two attached hydrogens (primary N) is 1. The number of rotatable bonds is 6. The lowest BCUT2D eigenvalue weighted by Crippen LogP contribution is -2.60. The second-order valence-electron chi connectivity index (χ2n) is 6.27. The van der Waals surface area contributed by atoms with Crippen LogP contribution >= 0.6 is 12.4 Å². The molecular weight excluding hydrogens is 312 g/mol. The molecule has 2 saturated carbocycles. The molecule has 126 valence electrons. The van der Waals surface area contributed by atoms with Crippen LogP contribution in [0.4, 0.5) is 0 Å². The van der Waals surface area contributed by atoms with Gasteiger partial charge in [-0.1, -0.05) is 20.3 Å². The van der Waals surface area contributed by atoms with Gasteiger partial charge in [-0.05, 0) is 24.7 Å². The van der Waals surface area contributed by atoms with E-state index < -0.39 is 41.3 Å². The Balaban J connectivity index is 0.00000242. The molecule has 8 heteroatoms. The normalized spacial score (nSPS) is 34.8. The van der Waals surface area contributed by atoms with Crippen molar-refractivity contribution in [2.45, 2.75) is 44.7 Å². The summed E-state index contributed by atoms with van der Waals surface area (Å²) in [4.78, 5) is 35.0. The first-order valence-corrected chi connectivity index (χ1v) is 7.30. The van der Waals surface area contributed by atoms with Crippen molar-refractivity contribution in [1.82, 2.24) is 5.32 Å². The summed E-state index contributed by atoms with van der Waals surface area (Å²) in [5, 5.41) is 21.2. The van der Waals surface area contributed by atoms with Crippen LogP contribution in [0.5, 0.6) is 0 Å². The molecule has 7 nitrogen and oxygen atoms in total. The molecule has 2 aliphatic rings. The molecule has 2 aliphatic carbocycles. The molecule has 1 amide bonds. The fourth-order valence-electron chi connectivity index (χ4n) is 3.57. The second kappa shape index (κ2) is 6.42. The third-order valence-electron chi connectivity index (χ3n) is 5.18. The number of carbonyl (C=O) groups is 3. The van der Waals surface area contributed by atoms with Crippen LogP contribution in [0.1, 0.15) is 33.1 Å². The Morgan fingerprint density at radius 3 is 2.36 bits per heavy atom. The van der Waals surface area contributed by atoms with E-state index in [1.54, 1.807) is 0 Å². The Kier molecular flexibility index (Phi) is 5.46. The summed E-state index contributed by atoms with van der Waals surface area (Å²) in [6.07, 6.45) is 1.48. The maximum absolute atomic E-state index is 12.2. The summed E-state index contributed by atoms with van der Waals surface area (Å²) < 4.78 is 0. The van der Waals surface area contributed by atoms with Crippen molar-refractivity contribution in [3.63, 3.8) is 0 Å². The van der Waals surface area contributed by atoms with Crippen molar-refractivity contribution in [2.75, 3.05) is 0 Å². The van der Waals surface area contributed by atoms with Gasteiger partial charge in [0.1, 0.15) is 5.54 Å². The van der Waals surface area contributed by atoms with Crippen LogP contribution in [0.3, 0.4) is 0 Å². The Bertz CT molecular complexity index is 486. The monoisotopic (exact) mass is 334 g/mol. The van der Waals surface area contributed by atoms with E-state index in [1.165, 1.54) is 0 Å². The van der Waals surface area contributed by atoms with Crippen LogP contribution in [0.15, 0.2) is 0 Å². The Labute approximate surface area is 135 Å². The number of carboxylic acid groups (broad SMARTS) is 2. The average Bonchev–Trinajstić information content (AvgIpc) is 3.06. The van der Waals surface area contributed by atoms with Crippen LogP contribution in [0, 0.1) is 23.7 Å². The largest absolute Gasteiger partial charge is 0.481 e. The third-order valence-corrected chi connectivity index (χ3v) is 5.18. The smallest absolute Gasteiger partial charge is 0.329 e. The molecule has 22 heavy (non-hydrogen) atoms. The number of carbonyl (C=O) groups excluding carboxylic acids is 1. The molecule has 0 saturated heterocycles. The van der Waals surface area contributed by atoms with E-state index in [1.807, 2.05) is 13.8 Å². The minimum Gasteiger partial charge on any atom is -0.481 e. The van der Waals surface area contributed by atoms with Crippen molar-refractivity contribution in [2.24, 2.45) is 29.4 Å². The Hall–Kier alpha value is -1.34. The molecule has 0 bridgehead atoms. The number of amides is 1. The third kappa shape index (κ3) is 2.79. The minimum absolute atomic E-state index is 0. The molecule has 1 unspecified atom stereocenters. The molecular formula is C14H23ClN2O5. The number of hydrogen-bond acceptors (Lipinski definition) is 4. The predicted molar refractivity (Wildman–Crippen MR) is 80.5 cm³/mol. The van der Waals surface area contributed by atoms with Gasteiger partial charge in [0, 0.05) is 5.92 Å². The highest BCUT2D eigenvalue weighted by molar-refractivity contribution is 5.92. The molecule has 6 atom stereocenters. The number of halogens is 1. The van der Waals surface area contributed by atoms with Crippen LogP contribution in [0.25, 0.3) is 0 Å². The number of fused-ring (bicyclic) bond motifs is 1. The van der Waals surface area contributed by atoms with Gasteiger partial charge in [-0.25, -0.2) is 4.79 Å². The average molecular weight is 335 g/mol. The van der Waals surface area contributed by atoms with E-state index >= 15 is 0 Å². The highest BCUT2D eigenvalue weighted by Crippen LogP contribution is 2.62. The van der Waals surface area contributed by atoms with Gasteiger partial charge in [-0.15, -0.1) is 12.4 Å². The molecule has 0 radical (unpaired) electrons. The first kappa shape index (κ1) is 18.7. The van der Waals surface area contributed by atoms with Gasteiger partial charge in [-0.2, -0.15) is 0 Å². The van der Waals surface area contributed by atoms with Crippen molar-refractivity contribution in [1.29, 1.82) is 0 Å². The number of nitrogens with one attached hydrogen (secondary N) is 1. The van der Waals surface area contributed by atoms with Crippen LogP contribution in [0.2, 0.25) is 0 Å². The van der Waals surface area contributed by atoms with E-state index in [2.05, 4.69) is 5.32 Å². The van der Waals surface area contributed by atoms with Gasteiger partial charge >= 0.3 is 11.9 Å². The van der Waals surface area contributed by atoms with Crippen LogP contribution in [-0.4, -0.2) is 39.6 Å². The molecule has 0 aromatic heterocycles. The Morgan fingerprint density at radius 1 is 1.36 bits per heavy atom. The fourth-order valence-corrected chi connectivity index (χ4v) is 3.57. The molecule has 0 heterocycles. The first-order chi connectivity index (χ1) is 9.76. The summed E-state index contributed by atoms with van der Waals surface area (Å²) in [7, 11) is 0. The summed E-state index contributed by atoms with van der Waals surface area (Å²) in [5.74, 6) is -4.08. The predicted octanol–water partition coefficient (Wildman–Crippen LogP) is 0.462. The molecule has 0 spiro atoms. The van der Waals surface area contributed by atoms with Gasteiger partial charge in [0.2, 0.25) is 5.91 Å². The first-order valence-electron chi connectivity index (χ1n) is 7.30. The number of carboxylic acids is 2. The van der Waals surface area contributed by atoms with Crippen LogP contribution in [-0.2, 0) is 14.4 Å². The van der Waals surface area contributed by atoms with Gasteiger partial charge in [0.25, 0.3) is 0 Å². The lowest BCUT2D eigenvalue weighted by atomic mass is 9.89. The highest BCUT2D eigenvalue weighted by Gasteiger charge is 2.72. The quantitative estimate of drug-likeness (QED) is 0.558. The maximum Gasteiger partial charge on any atom is 0.329 e. The van der Waals surface area contributed by atoms with Crippen molar-refractivity contribution >= 4 is 30.3 Å². The number of aliphatic carboxylic acids is 2. The SMILES string of the molecule is CCC(C)[C@H](N)C(=O)N[C@@]1(C(=O)O)CC[C@H]2[C@H](C(=O)O)[C@H]21.Cl. The lowest BCUT2D eigenvalue weighted by Gasteiger charge is -2.30. The van der Waals surface area contributed by atoms with Gasteiger partial charge in [0.15, 0.2) is 0 Å². The zero-order valence-electron chi connectivity index (χ0n) is 12.6. The lowest BCUT2D eigenvalue weighted by molar-refractivity contribution is -0.150. The summed E-state index contributed by atoms with van der Waals surface area (Å²) >= 11 is 0.